The second-order valence-corrected chi connectivity index (χ2v) is 16.4. The van der Waals surface area contributed by atoms with E-state index in [0.29, 0.717) is 12.8 Å². The van der Waals surface area contributed by atoms with Gasteiger partial charge in [-0.1, -0.05) is 196 Å². The molecule has 0 aromatic carbocycles. The van der Waals surface area contributed by atoms with Crippen molar-refractivity contribution in [3.05, 3.63) is 85.1 Å². The minimum atomic E-state index is -0.823. The van der Waals surface area contributed by atoms with Crippen molar-refractivity contribution < 1.29 is 28.6 Å². The normalized spacial score (nSPS) is 12.8. The first-order valence-electron chi connectivity index (χ1n) is 25.1. The van der Waals surface area contributed by atoms with E-state index < -0.39 is 12.1 Å². The third kappa shape index (κ3) is 47.5. The van der Waals surface area contributed by atoms with Crippen molar-refractivity contribution >= 4 is 17.9 Å². The summed E-state index contributed by atoms with van der Waals surface area (Å²) in [5.74, 6) is -1.07. The monoisotopic (exact) mass is 849 g/mol. The van der Waals surface area contributed by atoms with E-state index >= 15 is 0 Å². The van der Waals surface area contributed by atoms with E-state index in [1.165, 1.54) is 89.9 Å². The van der Waals surface area contributed by atoms with Crippen molar-refractivity contribution in [2.24, 2.45) is 0 Å². The molecule has 0 aliphatic heterocycles. The zero-order valence-electron chi connectivity index (χ0n) is 39.7. The van der Waals surface area contributed by atoms with Gasteiger partial charge in [-0.25, -0.2) is 0 Å². The lowest BCUT2D eigenvalue weighted by molar-refractivity contribution is -0.166. The first-order chi connectivity index (χ1) is 30.0. The largest absolute Gasteiger partial charge is 0.462 e. The molecular formula is C55H92O6. The summed E-state index contributed by atoms with van der Waals surface area (Å²) in [6.45, 7) is 6.39. The third-order valence-corrected chi connectivity index (χ3v) is 10.4. The molecule has 0 bridgehead atoms. The topological polar surface area (TPSA) is 78.9 Å². The van der Waals surface area contributed by atoms with Crippen LogP contribution in [-0.2, 0) is 28.6 Å². The molecule has 0 fully saturated rings. The molecule has 0 amide bonds. The van der Waals surface area contributed by atoms with Crippen LogP contribution in [0.4, 0.5) is 0 Å². The zero-order chi connectivity index (χ0) is 44.4. The van der Waals surface area contributed by atoms with Gasteiger partial charge in [0.2, 0.25) is 0 Å². The highest BCUT2D eigenvalue weighted by Gasteiger charge is 2.19. The first kappa shape index (κ1) is 57.6. The predicted octanol–water partition coefficient (Wildman–Crippen LogP) is 16.4. The van der Waals surface area contributed by atoms with Crippen LogP contribution in [0.25, 0.3) is 0 Å². The molecule has 0 heterocycles. The Morgan fingerprint density at radius 2 is 0.705 bits per heavy atom. The van der Waals surface area contributed by atoms with Crippen LogP contribution in [0.5, 0.6) is 0 Å². The number of allylic oxidation sites excluding steroid dienone is 13. The van der Waals surface area contributed by atoms with E-state index in [2.05, 4.69) is 93.7 Å². The Morgan fingerprint density at radius 1 is 0.361 bits per heavy atom. The predicted molar refractivity (Wildman–Crippen MR) is 261 cm³/mol. The van der Waals surface area contributed by atoms with Crippen LogP contribution >= 0.6 is 0 Å². The number of rotatable bonds is 44. The van der Waals surface area contributed by atoms with Crippen molar-refractivity contribution in [2.75, 3.05) is 13.2 Å². The Kier molecular flexibility index (Phi) is 46.5. The Hall–Kier alpha value is -3.41. The second-order valence-electron chi connectivity index (χ2n) is 16.4. The molecule has 0 spiro atoms. The molecule has 0 saturated heterocycles. The van der Waals surface area contributed by atoms with Gasteiger partial charge in [0.05, 0.1) is 6.42 Å². The molecule has 0 aromatic heterocycles. The van der Waals surface area contributed by atoms with Gasteiger partial charge < -0.3 is 14.2 Å². The number of ether oxygens (including phenoxy) is 3. The summed E-state index contributed by atoms with van der Waals surface area (Å²) in [7, 11) is 0. The molecule has 0 rings (SSSR count). The van der Waals surface area contributed by atoms with Crippen LogP contribution in [-0.4, -0.2) is 37.2 Å². The van der Waals surface area contributed by atoms with Crippen molar-refractivity contribution in [1.82, 2.24) is 0 Å². The number of carbonyl (C=O) groups excluding carboxylic acids is 3. The fourth-order valence-corrected chi connectivity index (χ4v) is 6.62. The number of esters is 3. The summed E-state index contributed by atoms with van der Waals surface area (Å²) in [5.41, 5.74) is 0. The Labute approximate surface area is 375 Å². The highest BCUT2D eigenvalue weighted by atomic mass is 16.6. The van der Waals surface area contributed by atoms with Crippen LogP contribution in [0, 0.1) is 0 Å². The lowest BCUT2D eigenvalue weighted by Crippen LogP contribution is -2.30. The summed E-state index contributed by atoms with van der Waals surface area (Å²) < 4.78 is 16.7. The summed E-state index contributed by atoms with van der Waals surface area (Å²) in [6, 6.07) is 0. The maximum absolute atomic E-state index is 12.8. The van der Waals surface area contributed by atoms with E-state index in [1.807, 2.05) is 6.08 Å². The summed E-state index contributed by atoms with van der Waals surface area (Å²) in [4.78, 5) is 37.9. The van der Waals surface area contributed by atoms with Gasteiger partial charge in [0.1, 0.15) is 13.2 Å². The molecular weight excluding hydrogens is 757 g/mol. The van der Waals surface area contributed by atoms with Gasteiger partial charge >= 0.3 is 17.9 Å². The Morgan fingerprint density at radius 3 is 1.15 bits per heavy atom. The minimum Gasteiger partial charge on any atom is -0.462 e. The first-order valence-corrected chi connectivity index (χ1v) is 25.1. The summed E-state index contributed by atoms with van der Waals surface area (Å²) in [6.07, 6.45) is 63.0. The molecule has 1 atom stereocenters. The zero-order valence-corrected chi connectivity index (χ0v) is 39.7. The van der Waals surface area contributed by atoms with Crippen LogP contribution in [0.2, 0.25) is 0 Å². The fourth-order valence-electron chi connectivity index (χ4n) is 6.62. The highest BCUT2D eigenvalue weighted by Crippen LogP contribution is 2.13. The maximum Gasteiger partial charge on any atom is 0.309 e. The van der Waals surface area contributed by atoms with Gasteiger partial charge in [0.25, 0.3) is 0 Å². The lowest BCUT2D eigenvalue weighted by Gasteiger charge is -2.18. The quantitative estimate of drug-likeness (QED) is 0.0263. The molecule has 61 heavy (non-hydrogen) atoms. The number of hydrogen-bond donors (Lipinski definition) is 0. The molecule has 0 aliphatic carbocycles. The van der Waals surface area contributed by atoms with Crippen LogP contribution in [0.3, 0.4) is 0 Å². The summed E-state index contributed by atoms with van der Waals surface area (Å²) >= 11 is 0. The minimum absolute atomic E-state index is 0.114. The van der Waals surface area contributed by atoms with Crippen LogP contribution in [0.1, 0.15) is 226 Å². The summed E-state index contributed by atoms with van der Waals surface area (Å²) in [5, 5.41) is 0. The fraction of sp³-hybridized carbons (Fsp3) is 0.691. The third-order valence-electron chi connectivity index (χ3n) is 10.4. The SMILES string of the molecule is CC/C=C\C/C=C\C/C=C\C/C=C\C/C=C\CC(=O)OCC(COC(=O)CCCCCCC/C=C\CCCCCC)OC(=O)CCCCCCC/C=C\CCCCCCCC. The number of hydrogen-bond acceptors (Lipinski definition) is 6. The van der Waals surface area contributed by atoms with E-state index in [0.717, 1.165) is 96.3 Å². The molecule has 348 valence electrons. The number of carbonyl (C=O) groups is 3. The molecule has 6 nitrogen and oxygen atoms in total. The lowest BCUT2D eigenvalue weighted by atomic mass is 10.1. The van der Waals surface area contributed by atoms with Crippen molar-refractivity contribution in [2.45, 2.75) is 232 Å². The van der Waals surface area contributed by atoms with Gasteiger partial charge in [0.15, 0.2) is 6.10 Å². The van der Waals surface area contributed by atoms with Gasteiger partial charge in [-0.05, 0) is 96.3 Å². The average molecular weight is 849 g/mol. The van der Waals surface area contributed by atoms with E-state index in [1.54, 1.807) is 6.08 Å². The van der Waals surface area contributed by atoms with Gasteiger partial charge in [-0.2, -0.15) is 0 Å². The Bertz CT molecular complexity index is 1200. The molecule has 0 aliphatic rings. The molecule has 0 radical (unpaired) electrons. The molecule has 0 N–H and O–H groups in total. The van der Waals surface area contributed by atoms with Gasteiger partial charge in [-0.15, -0.1) is 0 Å². The average Bonchev–Trinajstić information content (AvgIpc) is 3.26. The molecule has 0 aromatic rings. The molecule has 6 heteroatoms. The van der Waals surface area contributed by atoms with Gasteiger partial charge in [-0.3, -0.25) is 14.4 Å². The second kappa shape index (κ2) is 49.2. The van der Waals surface area contributed by atoms with E-state index in [9.17, 15) is 14.4 Å². The molecule has 1 unspecified atom stereocenters. The number of unbranched alkanes of at least 4 members (excludes halogenated alkanes) is 20. The van der Waals surface area contributed by atoms with Crippen molar-refractivity contribution in [1.29, 1.82) is 0 Å². The van der Waals surface area contributed by atoms with Crippen LogP contribution < -0.4 is 0 Å². The Balaban J connectivity index is 4.54. The van der Waals surface area contributed by atoms with Crippen LogP contribution in [0.15, 0.2) is 85.1 Å². The van der Waals surface area contributed by atoms with E-state index in [-0.39, 0.29) is 31.6 Å². The molecule has 0 saturated carbocycles. The standard InChI is InChI=1S/C55H92O6/c1-4-7-10-13-16-19-22-25-27-30-33-36-39-42-45-48-54(57)60-51-52(50-59-53(56)47-44-41-38-35-32-29-24-21-18-15-12-9-6-3)61-55(58)49-46-43-40-37-34-31-28-26-23-20-17-14-11-8-5-2/h7,10,16,19,21,24-28,33,36,42,45,52H,4-6,8-9,11-15,17-18,20,22-23,29-32,34-35,37-41,43-44,46-51H2,1-3H3/b10-7-,19-16-,24-21-,27-25-,28-26-,36-33-,45-42-. The van der Waals surface area contributed by atoms with E-state index in [4.69, 9.17) is 14.2 Å². The highest BCUT2D eigenvalue weighted by molar-refractivity contribution is 5.72. The van der Waals surface area contributed by atoms with Crippen molar-refractivity contribution in [3.8, 4) is 0 Å². The van der Waals surface area contributed by atoms with Gasteiger partial charge in [0, 0.05) is 12.8 Å². The smallest absolute Gasteiger partial charge is 0.309 e. The van der Waals surface area contributed by atoms with Crippen molar-refractivity contribution in [3.63, 3.8) is 0 Å². The maximum atomic E-state index is 12.8.